The van der Waals surface area contributed by atoms with Crippen LogP contribution >= 0.6 is 0 Å². The van der Waals surface area contributed by atoms with E-state index >= 15 is 0 Å². The van der Waals surface area contributed by atoms with Crippen molar-refractivity contribution >= 4 is 9.84 Å². The fourth-order valence-electron chi connectivity index (χ4n) is 2.35. The molecule has 0 aromatic heterocycles. The molecule has 1 fully saturated rings. The van der Waals surface area contributed by atoms with Gasteiger partial charge in [0, 0.05) is 0 Å². The molecule has 0 saturated carbocycles. The Morgan fingerprint density at radius 3 is 2.33 bits per heavy atom. The molecule has 0 spiro atoms. The number of likely N-dealkylation sites (tertiary alicyclic amines) is 1. The van der Waals surface area contributed by atoms with Gasteiger partial charge in [-0.15, -0.1) is 0 Å². The van der Waals surface area contributed by atoms with Gasteiger partial charge in [0.15, 0.2) is 9.84 Å². The van der Waals surface area contributed by atoms with Crippen LogP contribution in [0.4, 0.5) is 0 Å². The van der Waals surface area contributed by atoms with Crippen molar-refractivity contribution in [1.29, 1.82) is 0 Å². The lowest BCUT2D eigenvalue weighted by atomic mass is 10.2. The summed E-state index contributed by atoms with van der Waals surface area (Å²) in [7, 11) is -3.10. The minimum atomic E-state index is -3.10. The van der Waals surface area contributed by atoms with Crippen molar-refractivity contribution in [1.82, 2.24) is 4.90 Å². The summed E-state index contributed by atoms with van der Waals surface area (Å²) in [5.74, 6) is 0.257. The molecule has 1 aliphatic heterocycles. The van der Waals surface area contributed by atoms with E-state index in [1.54, 1.807) is 12.1 Å². The Hall–Kier alpha value is -0.870. The molecule has 0 aliphatic carbocycles. The van der Waals surface area contributed by atoms with Crippen molar-refractivity contribution in [2.75, 3.05) is 25.4 Å². The van der Waals surface area contributed by atoms with E-state index in [1.807, 2.05) is 19.1 Å². The summed E-state index contributed by atoms with van der Waals surface area (Å²) in [6, 6.07) is 7.13. The molecule has 18 heavy (non-hydrogen) atoms. The van der Waals surface area contributed by atoms with Crippen LogP contribution in [-0.4, -0.2) is 38.7 Å². The number of nitrogens with zero attached hydrogens (tertiary/aromatic N) is 1. The van der Waals surface area contributed by atoms with Gasteiger partial charge in [-0.2, -0.15) is 0 Å². The summed E-state index contributed by atoms with van der Waals surface area (Å²) in [4.78, 5) is 2.81. The molecule has 2 rings (SSSR count). The summed E-state index contributed by atoms with van der Waals surface area (Å²) in [5.41, 5.74) is 1.09. The summed E-state index contributed by atoms with van der Waals surface area (Å²) in [5, 5.41) is 0. The van der Waals surface area contributed by atoms with Crippen LogP contribution in [0.15, 0.2) is 29.2 Å². The highest BCUT2D eigenvalue weighted by atomic mass is 32.2. The van der Waals surface area contributed by atoms with E-state index in [0.717, 1.165) is 31.6 Å². The molecule has 0 bridgehead atoms. The molecule has 1 saturated heterocycles. The van der Waals surface area contributed by atoms with Crippen LogP contribution < -0.4 is 0 Å². The lowest BCUT2D eigenvalue weighted by Crippen LogP contribution is -2.22. The molecule has 4 heteroatoms. The number of sulfone groups is 1. The maximum absolute atomic E-state index is 12.1. The Morgan fingerprint density at radius 1 is 1.11 bits per heavy atom. The quantitative estimate of drug-likeness (QED) is 0.821. The van der Waals surface area contributed by atoms with Crippen molar-refractivity contribution in [3.05, 3.63) is 29.8 Å². The molecular weight excluding hydrogens is 246 g/mol. The zero-order valence-corrected chi connectivity index (χ0v) is 11.7. The molecule has 0 atom stereocenters. The summed E-state index contributed by atoms with van der Waals surface area (Å²) in [6.07, 6.45) is 3.24. The first-order valence-corrected chi connectivity index (χ1v) is 8.25. The SMILES string of the molecule is Cc1ccc(S(=O)(=O)CCCN2CCCC2)cc1. The molecule has 0 unspecified atom stereocenters. The maximum atomic E-state index is 12.1. The molecule has 100 valence electrons. The van der Waals surface area contributed by atoms with Crippen LogP contribution in [0, 0.1) is 6.92 Å². The third-order valence-electron chi connectivity index (χ3n) is 3.47. The highest BCUT2D eigenvalue weighted by molar-refractivity contribution is 7.91. The number of hydrogen-bond acceptors (Lipinski definition) is 3. The lowest BCUT2D eigenvalue weighted by Gasteiger charge is -2.14. The summed E-state index contributed by atoms with van der Waals surface area (Å²) < 4.78 is 24.2. The average Bonchev–Trinajstić information content (AvgIpc) is 2.82. The monoisotopic (exact) mass is 267 g/mol. The second-order valence-electron chi connectivity index (χ2n) is 5.03. The molecule has 1 heterocycles. The molecule has 1 aromatic carbocycles. The van der Waals surface area contributed by atoms with Gasteiger partial charge in [0.2, 0.25) is 0 Å². The van der Waals surface area contributed by atoms with E-state index in [0.29, 0.717) is 4.90 Å². The third kappa shape index (κ3) is 3.56. The van der Waals surface area contributed by atoms with E-state index in [2.05, 4.69) is 4.90 Å². The molecule has 0 N–H and O–H groups in total. The third-order valence-corrected chi connectivity index (χ3v) is 5.28. The fourth-order valence-corrected chi connectivity index (χ4v) is 3.64. The predicted molar refractivity (Wildman–Crippen MR) is 73.5 cm³/mol. The number of benzene rings is 1. The van der Waals surface area contributed by atoms with Crippen molar-refractivity contribution in [2.24, 2.45) is 0 Å². The van der Waals surface area contributed by atoms with Crippen LogP contribution in [0.25, 0.3) is 0 Å². The predicted octanol–water partition coefficient (Wildman–Crippen LogP) is 2.25. The molecule has 1 aromatic rings. The Kier molecular flexibility index (Phi) is 4.40. The minimum absolute atomic E-state index is 0.257. The van der Waals surface area contributed by atoms with Gasteiger partial charge in [-0.3, -0.25) is 0 Å². The second kappa shape index (κ2) is 5.85. The van der Waals surface area contributed by atoms with E-state index < -0.39 is 9.84 Å². The highest BCUT2D eigenvalue weighted by Crippen LogP contribution is 2.14. The molecule has 0 amide bonds. The Balaban J connectivity index is 1.88. The lowest BCUT2D eigenvalue weighted by molar-refractivity contribution is 0.340. The van der Waals surface area contributed by atoms with Gasteiger partial charge < -0.3 is 4.90 Å². The standard InChI is InChI=1S/C14H21NO2S/c1-13-5-7-14(8-6-13)18(16,17)12-4-11-15-9-2-3-10-15/h5-8H,2-4,9-12H2,1H3. The topological polar surface area (TPSA) is 37.4 Å². The average molecular weight is 267 g/mol. The van der Waals surface area contributed by atoms with Crippen LogP contribution in [-0.2, 0) is 9.84 Å². The normalized spacial score (nSPS) is 17.2. The second-order valence-corrected chi connectivity index (χ2v) is 7.14. The van der Waals surface area contributed by atoms with Gasteiger partial charge in [0.1, 0.15) is 0 Å². The molecule has 3 nitrogen and oxygen atoms in total. The molecular formula is C14H21NO2S. The van der Waals surface area contributed by atoms with Crippen LogP contribution in [0.1, 0.15) is 24.8 Å². The Labute approximate surface area is 110 Å². The van der Waals surface area contributed by atoms with Crippen molar-refractivity contribution in [3.8, 4) is 0 Å². The van der Waals surface area contributed by atoms with E-state index in [9.17, 15) is 8.42 Å². The van der Waals surface area contributed by atoms with Crippen molar-refractivity contribution in [3.63, 3.8) is 0 Å². The zero-order chi connectivity index (χ0) is 13.0. The van der Waals surface area contributed by atoms with Gasteiger partial charge in [0.05, 0.1) is 10.6 Å². The van der Waals surface area contributed by atoms with Gasteiger partial charge in [-0.25, -0.2) is 8.42 Å². The summed E-state index contributed by atoms with van der Waals surface area (Å²) >= 11 is 0. The zero-order valence-electron chi connectivity index (χ0n) is 10.9. The van der Waals surface area contributed by atoms with Gasteiger partial charge in [0.25, 0.3) is 0 Å². The maximum Gasteiger partial charge on any atom is 0.178 e. The first-order valence-electron chi connectivity index (χ1n) is 6.60. The smallest absolute Gasteiger partial charge is 0.178 e. The number of rotatable bonds is 5. The van der Waals surface area contributed by atoms with Gasteiger partial charge >= 0.3 is 0 Å². The van der Waals surface area contributed by atoms with Gasteiger partial charge in [-0.1, -0.05) is 17.7 Å². The van der Waals surface area contributed by atoms with E-state index in [-0.39, 0.29) is 5.75 Å². The Bertz CT molecular complexity index is 473. The Morgan fingerprint density at radius 2 is 1.72 bits per heavy atom. The molecule has 0 radical (unpaired) electrons. The summed E-state index contributed by atoms with van der Waals surface area (Å²) in [6.45, 7) is 5.13. The first kappa shape index (κ1) is 13.6. The van der Waals surface area contributed by atoms with Gasteiger partial charge in [-0.05, 0) is 58.0 Å². The van der Waals surface area contributed by atoms with Crippen molar-refractivity contribution < 1.29 is 8.42 Å². The fraction of sp³-hybridized carbons (Fsp3) is 0.571. The van der Waals surface area contributed by atoms with E-state index in [1.165, 1.54) is 12.8 Å². The first-order chi connectivity index (χ1) is 8.58. The van der Waals surface area contributed by atoms with Crippen LogP contribution in [0.3, 0.4) is 0 Å². The number of hydrogen-bond donors (Lipinski definition) is 0. The molecule has 1 aliphatic rings. The van der Waals surface area contributed by atoms with Crippen molar-refractivity contribution in [2.45, 2.75) is 31.1 Å². The van der Waals surface area contributed by atoms with E-state index in [4.69, 9.17) is 0 Å². The number of aryl methyl sites for hydroxylation is 1. The highest BCUT2D eigenvalue weighted by Gasteiger charge is 2.16. The van der Waals surface area contributed by atoms with Crippen LogP contribution in [0.5, 0.6) is 0 Å². The van der Waals surface area contributed by atoms with Crippen LogP contribution in [0.2, 0.25) is 0 Å². The minimum Gasteiger partial charge on any atom is -0.303 e. The largest absolute Gasteiger partial charge is 0.303 e.